The topological polar surface area (TPSA) is 96.2 Å². The lowest BCUT2D eigenvalue weighted by molar-refractivity contribution is -0.163. The first-order valence-electron chi connectivity index (χ1n) is 12.7. The minimum absolute atomic E-state index is 0.134. The van der Waals surface area contributed by atoms with Crippen LogP contribution < -0.4 is 0 Å². The minimum atomic E-state index is -1.04. The van der Waals surface area contributed by atoms with Crippen molar-refractivity contribution in [1.29, 1.82) is 0 Å². The Hall–Kier alpha value is -1.73. The van der Waals surface area contributed by atoms with Gasteiger partial charge in [-0.2, -0.15) is 0 Å². The van der Waals surface area contributed by atoms with Gasteiger partial charge in [-0.1, -0.05) is 57.2 Å². The largest absolute Gasteiger partial charge is 0.481 e. The van der Waals surface area contributed by atoms with Crippen molar-refractivity contribution in [2.75, 3.05) is 0 Å². The number of carboxylic acids is 1. The standard InChI is InChI=1S/C28H42O6/c1-6-24-17(3)8-11-25(34-24)18(4)13-16(2)7-9-21-19(5)22(21)10-12-26-28(32)23(29)14-20(33-26)15-27(30)31/h7-10,12-13,16,19-26,28-29,32H,6,11,14-15H2,1-5H3,(H,30,31)/b9-7+,12-10+,18-13+/t16-,19-,20+,21+,22+,23+,24-,25-,26+,28-/m1/s1. The molecule has 0 aromatic heterocycles. The van der Waals surface area contributed by atoms with E-state index in [1.165, 1.54) is 11.1 Å². The zero-order valence-corrected chi connectivity index (χ0v) is 21.1. The Labute approximate surface area is 204 Å². The second kappa shape index (κ2) is 11.8. The molecule has 0 aromatic rings. The van der Waals surface area contributed by atoms with E-state index in [1.807, 2.05) is 6.08 Å². The molecule has 1 saturated heterocycles. The summed E-state index contributed by atoms with van der Waals surface area (Å²) in [5.41, 5.74) is 2.61. The van der Waals surface area contributed by atoms with Crippen LogP contribution in [0.4, 0.5) is 0 Å². The van der Waals surface area contributed by atoms with Crippen molar-refractivity contribution in [3.05, 3.63) is 47.6 Å². The molecule has 0 unspecified atom stereocenters. The Balaban J connectivity index is 1.53. The summed E-state index contributed by atoms with van der Waals surface area (Å²) < 4.78 is 12.0. The summed E-state index contributed by atoms with van der Waals surface area (Å²) in [5.74, 6) is 0.603. The maximum absolute atomic E-state index is 11.0. The molecule has 3 rings (SSSR count). The number of aliphatic hydroxyl groups is 2. The molecule has 0 aromatic carbocycles. The Kier molecular flexibility index (Phi) is 9.33. The van der Waals surface area contributed by atoms with Crippen molar-refractivity contribution in [1.82, 2.24) is 0 Å². The molecule has 2 fully saturated rings. The third kappa shape index (κ3) is 6.91. The van der Waals surface area contributed by atoms with Crippen molar-refractivity contribution in [3.63, 3.8) is 0 Å². The predicted molar refractivity (Wildman–Crippen MR) is 132 cm³/mol. The fraction of sp³-hybridized carbons (Fsp3) is 0.679. The van der Waals surface area contributed by atoms with E-state index in [2.05, 4.69) is 58.9 Å². The van der Waals surface area contributed by atoms with E-state index in [9.17, 15) is 15.0 Å². The lowest BCUT2D eigenvalue weighted by atomic mass is 9.95. The molecule has 3 N–H and O–H groups in total. The van der Waals surface area contributed by atoms with Crippen LogP contribution in [0.3, 0.4) is 0 Å². The highest BCUT2D eigenvalue weighted by Crippen LogP contribution is 2.48. The minimum Gasteiger partial charge on any atom is -0.481 e. The summed E-state index contributed by atoms with van der Waals surface area (Å²) in [6, 6.07) is 0. The second-order valence-electron chi connectivity index (χ2n) is 10.4. The second-order valence-corrected chi connectivity index (χ2v) is 10.4. The maximum atomic E-state index is 11.0. The van der Waals surface area contributed by atoms with Gasteiger partial charge in [-0.25, -0.2) is 0 Å². The fourth-order valence-corrected chi connectivity index (χ4v) is 5.22. The Morgan fingerprint density at radius 3 is 2.59 bits per heavy atom. The van der Waals surface area contributed by atoms with Crippen LogP contribution in [0.5, 0.6) is 0 Å². The van der Waals surface area contributed by atoms with Gasteiger partial charge in [-0.3, -0.25) is 4.79 Å². The van der Waals surface area contributed by atoms with Crippen molar-refractivity contribution in [2.45, 2.75) is 96.9 Å². The number of allylic oxidation sites excluding steroid dienone is 4. The van der Waals surface area contributed by atoms with Crippen LogP contribution >= 0.6 is 0 Å². The van der Waals surface area contributed by atoms with E-state index in [0.29, 0.717) is 23.7 Å². The van der Waals surface area contributed by atoms with Crippen LogP contribution in [0.15, 0.2) is 47.6 Å². The summed E-state index contributed by atoms with van der Waals surface area (Å²) >= 11 is 0. The molecule has 2 heterocycles. The van der Waals surface area contributed by atoms with Gasteiger partial charge in [-0.05, 0) is 61.5 Å². The normalized spacial score (nSPS) is 39.9. The number of aliphatic hydroxyl groups excluding tert-OH is 2. The maximum Gasteiger partial charge on any atom is 0.305 e. The first kappa shape index (κ1) is 26.9. The summed E-state index contributed by atoms with van der Waals surface area (Å²) in [7, 11) is 0. The smallest absolute Gasteiger partial charge is 0.305 e. The van der Waals surface area contributed by atoms with E-state index in [4.69, 9.17) is 14.6 Å². The molecule has 190 valence electrons. The van der Waals surface area contributed by atoms with Crippen LogP contribution in [0.25, 0.3) is 0 Å². The van der Waals surface area contributed by atoms with E-state index in [0.717, 1.165) is 12.8 Å². The number of hydrogen-bond acceptors (Lipinski definition) is 5. The number of carbonyl (C=O) groups is 1. The molecule has 0 bridgehead atoms. The molecule has 1 saturated carbocycles. The average Bonchev–Trinajstić information content (AvgIpc) is 3.40. The molecule has 0 radical (unpaired) electrons. The molecule has 1 aliphatic carbocycles. The molecule has 10 atom stereocenters. The van der Waals surface area contributed by atoms with E-state index >= 15 is 0 Å². The van der Waals surface area contributed by atoms with Crippen molar-refractivity contribution in [2.24, 2.45) is 23.7 Å². The average molecular weight is 475 g/mol. The number of aliphatic carboxylic acids is 1. The van der Waals surface area contributed by atoms with Crippen LogP contribution in [0.1, 0.15) is 60.3 Å². The monoisotopic (exact) mass is 474 g/mol. The zero-order valence-electron chi connectivity index (χ0n) is 21.1. The molecule has 6 heteroatoms. The lowest BCUT2D eigenvalue weighted by Gasteiger charge is -2.35. The molecule has 2 aliphatic heterocycles. The van der Waals surface area contributed by atoms with Gasteiger partial charge in [-0.15, -0.1) is 0 Å². The highest BCUT2D eigenvalue weighted by molar-refractivity contribution is 5.67. The quantitative estimate of drug-likeness (QED) is 0.428. The van der Waals surface area contributed by atoms with E-state index in [-0.39, 0.29) is 25.0 Å². The third-order valence-corrected chi connectivity index (χ3v) is 7.56. The van der Waals surface area contributed by atoms with E-state index < -0.39 is 30.4 Å². The number of rotatable bonds is 9. The molecular weight excluding hydrogens is 432 g/mol. The van der Waals surface area contributed by atoms with Crippen LogP contribution in [-0.2, 0) is 14.3 Å². The number of carboxylic acid groups (broad SMARTS) is 1. The van der Waals surface area contributed by atoms with Gasteiger partial charge in [0.05, 0.1) is 30.8 Å². The molecular formula is C28H42O6. The molecule has 0 spiro atoms. The fourth-order valence-electron chi connectivity index (χ4n) is 5.22. The van der Waals surface area contributed by atoms with Crippen LogP contribution in [-0.4, -0.2) is 57.9 Å². The summed E-state index contributed by atoms with van der Waals surface area (Å²) in [5, 5.41) is 29.3. The number of hydrogen-bond donors (Lipinski definition) is 3. The third-order valence-electron chi connectivity index (χ3n) is 7.56. The van der Waals surface area contributed by atoms with Gasteiger partial charge < -0.3 is 24.8 Å². The first-order chi connectivity index (χ1) is 16.1. The van der Waals surface area contributed by atoms with Gasteiger partial charge in [0.15, 0.2) is 0 Å². The summed E-state index contributed by atoms with van der Waals surface area (Å²) in [6.45, 7) is 10.9. The Bertz CT molecular complexity index is 827. The summed E-state index contributed by atoms with van der Waals surface area (Å²) in [6.07, 6.45) is 11.9. The molecule has 34 heavy (non-hydrogen) atoms. The predicted octanol–water partition coefficient (Wildman–Crippen LogP) is 4.43. The molecule has 3 aliphatic rings. The molecule has 6 nitrogen and oxygen atoms in total. The highest BCUT2D eigenvalue weighted by Gasteiger charge is 2.43. The summed E-state index contributed by atoms with van der Waals surface area (Å²) in [4.78, 5) is 11.0. The van der Waals surface area contributed by atoms with Crippen molar-refractivity contribution in [3.8, 4) is 0 Å². The highest BCUT2D eigenvalue weighted by atomic mass is 16.5. The zero-order chi connectivity index (χ0) is 25.0. The lowest BCUT2D eigenvalue weighted by Crippen LogP contribution is -2.47. The van der Waals surface area contributed by atoms with Gasteiger partial charge in [0, 0.05) is 6.42 Å². The van der Waals surface area contributed by atoms with Crippen LogP contribution in [0.2, 0.25) is 0 Å². The first-order valence-corrected chi connectivity index (χ1v) is 12.7. The van der Waals surface area contributed by atoms with Crippen molar-refractivity contribution >= 4 is 5.97 Å². The van der Waals surface area contributed by atoms with Gasteiger partial charge in [0.1, 0.15) is 12.2 Å². The Morgan fingerprint density at radius 1 is 1.21 bits per heavy atom. The SMILES string of the molecule is CC[C@H]1O[C@@H](/C(C)=C/[C@H](C)/C=C/[C@H]2[C@@H](C)[C@@H]2/C=C/[C@@H]2O[C@H](CC(=O)O)C[C@H](O)[C@H]2O)CC=C1C. The van der Waals surface area contributed by atoms with Gasteiger partial charge >= 0.3 is 5.97 Å². The number of ether oxygens (including phenoxy) is 2. The Morgan fingerprint density at radius 2 is 1.91 bits per heavy atom. The van der Waals surface area contributed by atoms with Gasteiger partial charge in [0.2, 0.25) is 0 Å². The van der Waals surface area contributed by atoms with E-state index in [1.54, 1.807) is 6.08 Å². The van der Waals surface area contributed by atoms with Crippen molar-refractivity contribution < 1.29 is 29.6 Å². The van der Waals surface area contributed by atoms with Crippen LogP contribution in [0, 0.1) is 23.7 Å². The van der Waals surface area contributed by atoms with Gasteiger partial charge in [0.25, 0.3) is 0 Å². The molecule has 0 amide bonds.